The monoisotopic (exact) mass is 459 g/mol. The number of piperidine rings is 1. The molecule has 3 aromatic rings. The van der Waals surface area contributed by atoms with E-state index < -0.39 is 11.7 Å². The molecule has 1 saturated heterocycles. The third-order valence-corrected chi connectivity index (χ3v) is 7.65. The summed E-state index contributed by atoms with van der Waals surface area (Å²) < 4.78 is 21.3. The number of rotatable bonds is 3. The molecule has 34 heavy (non-hydrogen) atoms. The van der Waals surface area contributed by atoms with Crippen LogP contribution in [0.2, 0.25) is 0 Å². The second-order valence-corrected chi connectivity index (χ2v) is 9.68. The van der Waals surface area contributed by atoms with Crippen LogP contribution in [0.4, 0.5) is 10.1 Å². The summed E-state index contributed by atoms with van der Waals surface area (Å²) in [5.74, 6) is -1.45. The number of fused-ring (bicyclic) bond motifs is 3. The maximum Gasteiger partial charge on any atom is 0.354 e. The molecule has 6 rings (SSSR count). The molecule has 2 unspecified atom stereocenters. The average Bonchev–Trinajstić information content (AvgIpc) is 3.16. The molecule has 0 saturated carbocycles. The van der Waals surface area contributed by atoms with Gasteiger partial charge in [0.2, 0.25) is 0 Å². The zero-order valence-corrected chi connectivity index (χ0v) is 19.2. The highest BCUT2D eigenvalue weighted by molar-refractivity contribution is 6.14. The first kappa shape index (κ1) is 21.1. The highest BCUT2D eigenvalue weighted by atomic mass is 19.1. The minimum atomic E-state index is -0.568. The standard InChI is InChI=1S/C27H26FN3O3/c1-27-11-5-12-30-13-10-18-17-9-8-16(29-25(32)19-6-3-4-7-20(19)28)14-21(17)31(23(18)24(27)30)22(15-27)26(33)34-2/h3-4,6-9,14-15,24H,5,10-13H2,1-2H3,(H,29,32). The van der Waals surface area contributed by atoms with Crippen molar-refractivity contribution in [2.45, 2.75) is 32.2 Å². The van der Waals surface area contributed by atoms with E-state index >= 15 is 0 Å². The maximum absolute atomic E-state index is 14.1. The van der Waals surface area contributed by atoms with Gasteiger partial charge in [-0.3, -0.25) is 9.69 Å². The lowest BCUT2D eigenvalue weighted by Crippen LogP contribution is -2.50. The SMILES string of the molecule is COC(=O)C1=CC2(C)CCCN3CCc4c(n1c1cc(NC(=O)c5ccccc5F)ccc41)C32. The number of carbonyl (C=O) groups is 2. The fraction of sp³-hybridized carbons (Fsp3) is 0.333. The molecule has 6 nitrogen and oxygen atoms in total. The number of anilines is 1. The second-order valence-electron chi connectivity index (χ2n) is 9.68. The fourth-order valence-corrected chi connectivity index (χ4v) is 6.22. The van der Waals surface area contributed by atoms with E-state index in [2.05, 4.69) is 23.2 Å². The zero-order valence-electron chi connectivity index (χ0n) is 19.2. The van der Waals surface area contributed by atoms with Gasteiger partial charge in [-0.15, -0.1) is 0 Å². The van der Waals surface area contributed by atoms with Crippen molar-refractivity contribution >= 4 is 34.2 Å². The molecule has 1 N–H and O–H groups in total. The first-order valence-corrected chi connectivity index (χ1v) is 11.7. The van der Waals surface area contributed by atoms with E-state index in [0.29, 0.717) is 11.4 Å². The molecule has 0 radical (unpaired) electrons. The van der Waals surface area contributed by atoms with Crippen LogP contribution in [0.3, 0.4) is 0 Å². The molecule has 0 spiro atoms. The maximum atomic E-state index is 14.1. The van der Waals surface area contributed by atoms with Crippen LogP contribution in [-0.2, 0) is 16.0 Å². The van der Waals surface area contributed by atoms with Crippen LogP contribution in [0, 0.1) is 11.2 Å². The Bertz CT molecular complexity index is 1390. The number of nitrogens with zero attached hydrogens (tertiary/aromatic N) is 2. The quantitative estimate of drug-likeness (QED) is 0.574. The number of carbonyl (C=O) groups excluding carboxylic acids is 2. The highest BCUT2D eigenvalue weighted by Crippen LogP contribution is 2.55. The van der Waals surface area contributed by atoms with Crippen molar-refractivity contribution in [3.05, 3.63) is 71.2 Å². The number of methoxy groups -OCH3 is 1. The minimum Gasteiger partial charge on any atom is -0.464 e. The van der Waals surface area contributed by atoms with Crippen LogP contribution in [-0.4, -0.2) is 41.5 Å². The molecule has 1 amide bonds. The van der Waals surface area contributed by atoms with Crippen LogP contribution in [0.5, 0.6) is 0 Å². The third kappa shape index (κ3) is 2.96. The molecule has 2 aromatic carbocycles. The first-order chi connectivity index (χ1) is 16.4. The van der Waals surface area contributed by atoms with Gasteiger partial charge in [-0.2, -0.15) is 0 Å². The van der Waals surface area contributed by atoms with E-state index in [1.54, 1.807) is 12.1 Å². The Morgan fingerprint density at radius 2 is 2.00 bits per heavy atom. The number of hydrogen-bond acceptors (Lipinski definition) is 4. The number of amides is 1. The molecule has 3 aliphatic heterocycles. The lowest BCUT2D eigenvalue weighted by molar-refractivity contribution is -0.134. The van der Waals surface area contributed by atoms with Crippen LogP contribution in [0.25, 0.3) is 16.6 Å². The smallest absolute Gasteiger partial charge is 0.354 e. The van der Waals surface area contributed by atoms with E-state index in [-0.39, 0.29) is 23.0 Å². The van der Waals surface area contributed by atoms with E-state index in [9.17, 15) is 14.0 Å². The Morgan fingerprint density at radius 3 is 2.79 bits per heavy atom. The van der Waals surface area contributed by atoms with Crippen molar-refractivity contribution in [3.8, 4) is 0 Å². The van der Waals surface area contributed by atoms with Crippen LogP contribution >= 0.6 is 0 Å². The molecular weight excluding hydrogens is 433 g/mol. The Balaban J connectivity index is 1.52. The predicted octanol–water partition coefficient (Wildman–Crippen LogP) is 4.76. The predicted molar refractivity (Wildman–Crippen MR) is 128 cm³/mol. The number of benzene rings is 2. The molecule has 4 heterocycles. The van der Waals surface area contributed by atoms with Crippen LogP contribution < -0.4 is 5.32 Å². The van der Waals surface area contributed by atoms with Crippen molar-refractivity contribution in [1.29, 1.82) is 0 Å². The third-order valence-electron chi connectivity index (χ3n) is 7.65. The largest absolute Gasteiger partial charge is 0.464 e. The summed E-state index contributed by atoms with van der Waals surface area (Å²) in [6, 6.07) is 11.8. The van der Waals surface area contributed by atoms with E-state index in [4.69, 9.17) is 4.74 Å². The summed E-state index contributed by atoms with van der Waals surface area (Å²) in [6.45, 7) is 4.27. The number of halogens is 1. The van der Waals surface area contributed by atoms with Crippen molar-refractivity contribution < 1.29 is 18.7 Å². The molecule has 0 aliphatic carbocycles. The van der Waals surface area contributed by atoms with Gasteiger partial charge in [0.25, 0.3) is 5.91 Å². The number of hydrogen-bond donors (Lipinski definition) is 1. The molecule has 174 valence electrons. The Morgan fingerprint density at radius 1 is 1.18 bits per heavy atom. The fourth-order valence-electron chi connectivity index (χ4n) is 6.22. The van der Waals surface area contributed by atoms with Gasteiger partial charge in [0.1, 0.15) is 11.5 Å². The lowest BCUT2D eigenvalue weighted by atomic mass is 9.69. The second kappa shape index (κ2) is 7.53. The molecule has 3 aliphatic rings. The first-order valence-electron chi connectivity index (χ1n) is 11.7. The number of nitrogens with one attached hydrogen (secondary N) is 1. The topological polar surface area (TPSA) is 63.6 Å². The van der Waals surface area contributed by atoms with Crippen molar-refractivity contribution in [2.75, 3.05) is 25.5 Å². The molecule has 1 fully saturated rings. The van der Waals surface area contributed by atoms with Gasteiger partial charge < -0.3 is 14.6 Å². The Kier molecular flexibility index (Phi) is 4.68. The number of esters is 1. The molecule has 2 atom stereocenters. The average molecular weight is 460 g/mol. The highest BCUT2D eigenvalue weighted by Gasteiger charge is 2.49. The summed E-state index contributed by atoms with van der Waals surface area (Å²) in [5, 5.41) is 3.89. The summed E-state index contributed by atoms with van der Waals surface area (Å²) >= 11 is 0. The van der Waals surface area contributed by atoms with Gasteiger partial charge in [-0.1, -0.05) is 25.1 Å². The van der Waals surface area contributed by atoms with Crippen molar-refractivity contribution in [3.63, 3.8) is 0 Å². The molecule has 0 bridgehead atoms. The van der Waals surface area contributed by atoms with Gasteiger partial charge in [0.05, 0.1) is 24.2 Å². The van der Waals surface area contributed by atoms with Gasteiger partial charge >= 0.3 is 5.97 Å². The van der Waals surface area contributed by atoms with E-state index in [0.717, 1.165) is 48.9 Å². The summed E-state index contributed by atoms with van der Waals surface area (Å²) in [5.41, 5.74) is 4.17. The van der Waals surface area contributed by atoms with Crippen molar-refractivity contribution in [2.24, 2.45) is 5.41 Å². The number of aromatic nitrogens is 1. The van der Waals surface area contributed by atoms with Gasteiger partial charge in [-0.05, 0) is 61.7 Å². The summed E-state index contributed by atoms with van der Waals surface area (Å²) in [7, 11) is 1.41. The van der Waals surface area contributed by atoms with Crippen LogP contribution in [0.1, 0.15) is 47.4 Å². The Hall–Kier alpha value is -3.45. The molecular formula is C27H26FN3O3. The van der Waals surface area contributed by atoms with Crippen LogP contribution in [0.15, 0.2) is 48.5 Å². The Labute approximate surface area is 197 Å². The van der Waals surface area contributed by atoms with Gasteiger partial charge in [-0.25, -0.2) is 9.18 Å². The van der Waals surface area contributed by atoms with Crippen molar-refractivity contribution in [1.82, 2.24) is 9.47 Å². The summed E-state index contributed by atoms with van der Waals surface area (Å²) in [4.78, 5) is 28.2. The van der Waals surface area contributed by atoms with E-state index in [1.165, 1.54) is 24.8 Å². The normalized spacial score (nSPS) is 23.3. The van der Waals surface area contributed by atoms with E-state index in [1.807, 2.05) is 22.8 Å². The molecule has 7 heteroatoms. The summed E-state index contributed by atoms with van der Waals surface area (Å²) in [6.07, 6.45) is 5.10. The lowest BCUT2D eigenvalue weighted by Gasteiger charge is -2.52. The minimum absolute atomic E-state index is 0.0119. The molecule has 1 aromatic heterocycles. The van der Waals surface area contributed by atoms with Gasteiger partial charge in [0.15, 0.2) is 0 Å². The van der Waals surface area contributed by atoms with Gasteiger partial charge in [0, 0.05) is 28.7 Å². The number of ether oxygens (including phenoxy) is 1. The zero-order chi connectivity index (χ0) is 23.6.